The smallest absolute Gasteiger partial charge is 0.388 e. The standard InChI is InChI=1S/C13H10F3N3OS/c14-13(15,16)9-3-4-10(20)19(7-9)6-8-2-1-5-18-11(8)12(17)21/h1-5,7H,6H2,(H2,17,21). The zero-order valence-corrected chi connectivity index (χ0v) is 11.4. The zero-order chi connectivity index (χ0) is 15.6. The van der Waals surface area contributed by atoms with Gasteiger partial charge in [-0.3, -0.25) is 9.78 Å². The first-order valence-electron chi connectivity index (χ1n) is 5.80. The lowest BCUT2D eigenvalue weighted by Gasteiger charge is -2.12. The Labute approximate surface area is 123 Å². The monoisotopic (exact) mass is 313 g/mol. The maximum Gasteiger partial charge on any atom is 0.417 e. The van der Waals surface area contributed by atoms with Crippen LogP contribution < -0.4 is 11.3 Å². The summed E-state index contributed by atoms with van der Waals surface area (Å²) in [5, 5.41) is 0. The third kappa shape index (κ3) is 3.46. The van der Waals surface area contributed by atoms with E-state index in [0.29, 0.717) is 5.56 Å². The van der Waals surface area contributed by atoms with E-state index in [4.69, 9.17) is 18.0 Å². The van der Waals surface area contributed by atoms with Crippen molar-refractivity contribution in [2.24, 2.45) is 5.73 Å². The van der Waals surface area contributed by atoms with Crippen LogP contribution >= 0.6 is 12.2 Å². The lowest BCUT2D eigenvalue weighted by Crippen LogP contribution is -2.24. The van der Waals surface area contributed by atoms with Crippen molar-refractivity contribution in [1.29, 1.82) is 0 Å². The fraction of sp³-hybridized carbons (Fsp3) is 0.154. The van der Waals surface area contributed by atoms with Crippen molar-refractivity contribution in [3.63, 3.8) is 0 Å². The molecule has 0 fully saturated rings. The number of hydrogen-bond donors (Lipinski definition) is 1. The van der Waals surface area contributed by atoms with Gasteiger partial charge in [-0.05, 0) is 12.1 Å². The molecule has 0 radical (unpaired) electrons. The minimum atomic E-state index is -4.52. The highest BCUT2D eigenvalue weighted by molar-refractivity contribution is 7.80. The Balaban J connectivity index is 2.45. The van der Waals surface area contributed by atoms with Crippen molar-refractivity contribution in [2.75, 3.05) is 0 Å². The van der Waals surface area contributed by atoms with Crippen molar-refractivity contribution in [1.82, 2.24) is 9.55 Å². The van der Waals surface area contributed by atoms with Gasteiger partial charge < -0.3 is 10.3 Å². The van der Waals surface area contributed by atoms with Gasteiger partial charge >= 0.3 is 6.18 Å². The second-order valence-corrected chi connectivity index (χ2v) is 4.70. The molecule has 0 aliphatic heterocycles. The number of thiocarbonyl (C=S) groups is 1. The van der Waals surface area contributed by atoms with E-state index in [9.17, 15) is 18.0 Å². The lowest BCUT2D eigenvalue weighted by molar-refractivity contribution is -0.138. The molecular formula is C13H10F3N3OS. The maximum atomic E-state index is 12.7. The highest BCUT2D eigenvalue weighted by atomic mass is 32.1. The average Bonchev–Trinajstić information content (AvgIpc) is 2.40. The van der Waals surface area contributed by atoms with E-state index in [1.54, 1.807) is 12.1 Å². The van der Waals surface area contributed by atoms with Crippen molar-refractivity contribution in [3.8, 4) is 0 Å². The zero-order valence-electron chi connectivity index (χ0n) is 10.6. The van der Waals surface area contributed by atoms with Crippen LogP contribution in [0.4, 0.5) is 13.2 Å². The molecule has 0 spiro atoms. The molecule has 21 heavy (non-hydrogen) atoms. The Morgan fingerprint density at radius 2 is 2.05 bits per heavy atom. The number of aromatic nitrogens is 2. The van der Waals surface area contributed by atoms with Gasteiger partial charge in [0, 0.05) is 24.0 Å². The van der Waals surface area contributed by atoms with Crippen LogP contribution in [0.15, 0.2) is 41.5 Å². The molecule has 0 unspecified atom stereocenters. The summed E-state index contributed by atoms with van der Waals surface area (Å²) in [7, 11) is 0. The number of nitrogens with zero attached hydrogens (tertiary/aromatic N) is 2. The predicted octanol–water partition coefficient (Wildman–Crippen LogP) is 1.94. The van der Waals surface area contributed by atoms with Gasteiger partial charge in [0.1, 0.15) is 10.7 Å². The summed E-state index contributed by atoms with van der Waals surface area (Å²) in [6.45, 7) is -0.0940. The summed E-state index contributed by atoms with van der Waals surface area (Å²) in [5.74, 6) is 0. The van der Waals surface area contributed by atoms with Crippen LogP contribution in [0.2, 0.25) is 0 Å². The second kappa shape index (κ2) is 5.65. The average molecular weight is 313 g/mol. The third-order valence-electron chi connectivity index (χ3n) is 2.78. The molecule has 0 saturated heterocycles. The van der Waals surface area contributed by atoms with Crippen molar-refractivity contribution < 1.29 is 13.2 Å². The predicted molar refractivity (Wildman–Crippen MR) is 74.9 cm³/mol. The first-order valence-corrected chi connectivity index (χ1v) is 6.21. The molecule has 0 aliphatic carbocycles. The third-order valence-corrected chi connectivity index (χ3v) is 2.97. The minimum Gasteiger partial charge on any atom is -0.388 e. The topological polar surface area (TPSA) is 60.9 Å². The number of halogens is 3. The van der Waals surface area contributed by atoms with Crippen molar-refractivity contribution >= 4 is 17.2 Å². The molecule has 0 atom stereocenters. The molecule has 2 heterocycles. The number of alkyl halides is 3. The minimum absolute atomic E-state index is 0.0191. The van der Waals surface area contributed by atoms with E-state index in [0.717, 1.165) is 22.9 Å². The summed E-state index contributed by atoms with van der Waals surface area (Å²) in [4.78, 5) is 15.7. The molecule has 0 aliphatic rings. The Morgan fingerprint density at radius 3 is 2.67 bits per heavy atom. The van der Waals surface area contributed by atoms with Gasteiger partial charge in [-0.15, -0.1) is 0 Å². The van der Waals surface area contributed by atoms with E-state index in [-0.39, 0.29) is 17.2 Å². The van der Waals surface area contributed by atoms with Crippen LogP contribution in [-0.2, 0) is 12.7 Å². The van der Waals surface area contributed by atoms with E-state index >= 15 is 0 Å². The normalized spacial score (nSPS) is 11.4. The van der Waals surface area contributed by atoms with Gasteiger partial charge in [-0.2, -0.15) is 13.2 Å². The molecule has 2 aromatic rings. The number of nitrogens with two attached hydrogens (primary N) is 1. The summed E-state index contributed by atoms with van der Waals surface area (Å²) >= 11 is 4.83. The Hall–Kier alpha value is -2.22. The molecule has 2 N–H and O–H groups in total. The van der Waals surface area contributed by atoms with Crippen LogP contribution in [0.1, 0.15) is 16.8 Å². The summed E-state index contributed by atoms with van der Waals surface area (Å²) < 4.78 is 39.0. The molecule has 110 valence electrons. The van der Waals surface area contributed by atoms with E-state index < -0.39 is 17.3 Å². The summed E-state index contributed by atoms with van der Waals surface area (Å²) in [6, 6.07) is 4.82. The van der Waals surface area contributed by atoms with E-state index in [1.807, 2.05) is 0 Å². The van der Waals surface area contributed by atoms with Gasteiger partial charge in [0.05, 0.1) is 12.1 Å². The quantitative estimate of drug-likeness (QED) is 0.880. The van der Waals surface area contributed by atoms with Gasteiger partial charge in [-0.25, -0.2) is 0 Å². The Kier molecular flexibility index (Phi) is 4.08. The maximum absolute atomic E-state index is 12.7. The van der Waals surface area contributed by atoms with Gasteiger partial charge in [0.15, 0.2) is 0 Å². The molecule has 2 aromatic heterocycles. The fourth-order valence-electron chi connectivity index (χ4n) is 1.79. The Bertz CT molecular complexity index is 740. The molecule has 0 amide bonds. The van der Waals surface area contributed by atoms with Crippen LogP contribution in [0.5, 0.6) is 0 Å². The van der Waals surface area contributed by atoms with Crippen LogP contribution in [0, 0.1) is 0 Å². The van der Waals surface area contributed by atoms with Gasteiger partial charge in [-0.1, -0.05) is 18.3 Å². The molecular weight excluding hydrogens is 303 g/mol. The second-order valence-electron chi connectivity index (χ2n) is 4.26. The number of rotatable bonds is 3. The molecule has 0 saturated carbocycles. The number of hydrogen-bond acceptors (Lipinski definition) is 3. The molecule has 0 aromatic carbocycles. The number of pyridine rings is 2. The highest BCUT2D eigenvalue weighted by Crippen LogP contribution is 2.28. The van der Waals surface area contributed by atoms with Crippen molar-refractivity contribution in [2.45, 2.75) is 12.7 Å². The first-order chi connectivity index (χ1) is 9.79. The largest absolute Gasteiger partial charge is 0.417 e. The fourth-order valence-corrected chi connectivity index (χ4v) is 1.98. The van der Waals surface area contributed by atoms with Crippen LogP contribution in [-0.4, -0.2) is 14.5 Å². The SMILES string of the molecule is NC(=S)c1ncccc1Cn1cc(C(F)(F)F)ccc1=O. The summed E-state index contributed by atoms with van der Waals surface area (Å²) in [5.41, 5.74) is 4.82. The van der Waals surface area contributed by atoms with Crippen LogP contribution in [0.25, 0.3) is 0 Å². The lowest BCUT2D eigenvalue weighted by atomic mass is 10.2. The van der Waals surface area contributed by atoms with Crippen molar-refractivity contribution in [3.05, 3.63) is 63.8 Å². The first kappa shape index (κ1) is 15.2. The van der Waals surface area contributed by atoms with Crippen LogP contribution in [0.3, 0.4) is 0 Å². The van der Waals surface area contributed by atoms with Gasteiger partial charge in [0.25, 0.3) is 5.56 Å². The Morgan fingerprint density at radius 1 is 1.33 bits per heavy atom. The highest BCUT2D eigenvalue weighted by Gasteiger charge is 2.31. The molecule has 2 rings (SSSR count). The van der Waals surface area contributed by atoms with E-state index in [2.05, 4.69) is 4.98 Å². The van der Waals surface area contributed by atoms with Gasteiger partial charge in [0.2, 0.25) is 0 Å². The molecule has 4 nitrogen and oxygen atoms in total. The van der Waals surface area contributed by atoms with E-state index in [1.165, 1.54) is 6.20 Å². The molecule has 8 heteroatoms. The molecule has 0 bridgehead atoms. The summed E-state index contributed by atoms with van der Waals surface area (Å²) in [6.07, 6.45) is -2.29.